The van der Waals surface area contributed by atoms with E-state index in [1.807, 2.05) is 19.1 Å². The summed E-state index contributed by atoms with van der Waals surface area (Å²) in [5.74, 6) is 0. The Kier molecular flexibility index (Phi) is 6.05. The van der Waals surface area contributed by atoms with Crippen molar-refractivity contribution in [3.05, 3.63) is 47.8 Å². The molecule has 1 atom stereocenters. The second-order valence-corrected chi connectivity index (χ2v) is 10.2. The number of ether oxygens (including phenoxy) is 1. The van der Waals surface area contributed by atoms with Crippen molar-refractivity contribution in [2.45, 2.75) is 63.4 Å². The van der Waals surface area contributed by atoms with Crippen molar-refractivity contribution in [2.24, 2.45) is 0 Å². The molecule has 1 aliphatic heterocycles. The zero-order valence-corrected chi connectivity index (χ0v) is 17.9. The summed E-state index contributed by atoms with van der Waals surface area (Å²) in [5.41, 5.74) is 2.14. The number of hydrogen-bond donors (Lipinski definition) is 0. The third-order valence-electron chi connectivity index (χ3n) is 5.06. The first-order chi connectivity index (χ1) is 13.2. The van der Waals surface area contributed by atoms with Crippen LogP contribution in [0.4, 0.5) is 0 Å². The molecule has 1 saturated heterocycles. The third-order valence-corrected chi connectivity index (χ3v) is 6.94. The van der Waals surface area contributed by atoms with Gasteiger partial charge in [-0.3, -0.25) is 0 Å². The number of nitrogens with zero attached hydrogens (tertiary/aromatic N) is 3. The van der Waals surface area contributed by atoms with Gasteiger partial charge in [-0.25, -0.2) is 18.4 Å². The lowest BCUT2D eigenvalue weighted by molar-refractivity contribution is 0.119. The van der Waals surface area contributed by atoms with E-state index in [1.165, 1.54) is 4.31 Å². The lowest BCUT2D eigenvalue weighted by Crippen LogP contribution is -2.44. The van der Waals surface area contributed by atoms with Gasteiger partial charge in [0.15, 0.2) is 0 Å². The van der Waals surface area contributed by atoms with Gasteiger partial charge in [0.25, 0.3) is 0 Å². The molecule has 7 heteroatoms. The molecular formula is C21H29N3O3S. The van der Waals surface area contributed by atoms with Crippen LogP contribution in [0.15, 0.2) is 41.6 Å². The third kappa shape index (κ3) is 4.70. The first-order valence-electron chi connectivity index (χ1n) is 9.78. The molecule has 0 amide bonds. The van der Waals surface area contributed by atoms with Gasteiger partial charge in [-0.2, -0.15) is 4.31 Å². The number of aromatic nitrogens is 2. The van der Waals surface area contributed by atoms with E-state index >= 15 is 0 Å². The average molecular weight is 404 g/mol. The van der Waals surface area contributed by atoms with Crippen LogP contribution in [0.1, 0.15) is 51.7 Å². The zero-order valence-electron chi connectivity index (χ0n) is 17.1. The quantitative estimate of drug-likeness (QED) is 0.763. The maximum atomic E-state index is 13.1. The van der Waals surface area contributed by atoms with E-state index in [9.17, 15) is 8.42 Å². The van der Waals surface area contributed by atoms with Crippen LogP contribution >= 0.6 is 0 Å². The summed E-state index contributed by atoms with van der Waals surface area (Å²) in [6, 6.07) is 7.50. The van der Waals surface area contributed by atoms with Crippen LogP contribution in [0.3, 0.4) is 0 Å². The summed E-state index contributed by atoms with van der Waals surface area (Å²) < 4.78 is 33.5. The minimum atomic E-state index is -3.55. The molecule has 1 fully saturated rings. The molecule has 0 bridgehead atoms. The molecule has 28 heavy (non-hydrogen) atoms. The van der Waals surface area contributed by atoms with Crippen LogP contribution in [0.25, 0.3) is 0 Å². The van der Waals surface area contributed by atoms with E-state index in [0.717, 1.165) is 30.4 Å². The Hall–Kier alpha value is -1.99. The Bertz CT molecular complexity index is 888. The van der Waals surface area contributed by atoms with E-state index in [1.54, 1.807) is 24.5 Å². The van der Waals surface area contributed by atoms with E-state index in [0.29, 0.717) is 24.0 Å². The van der Waals surface area contributed by atoms with Gasteiger partial charge >= 0.3 is 6.01 Å². The summed E-state index contributed by atoms with van der Waals surface area (Å²) in [7, 11) is -3.55. The van der Waals surface area contributed by atoms with Crippen molar-refractivity contribution >= 4 is 10.0 Å². The van der Waals surface area contributed by atoms with Gasteiger partial charge in [0, 0.05) is 18.9 Å². The molecule has 0 N–H and O–H groups in total. The zero-order chi connectivity index (χ0) is 20.4. The summed E-state index contributed by atoms with van der Waals surface area (Å²) in [5, 5.41) is 0. The van der Waals surface area contributed by atoms with Crippen molar-refractivity contribution in [2.75, 3.05) is 13.1 Å². The molecule has 2 heterocycles. The summed E-state index contributed by atoms with van der Waals surface area (Å²) in [6.07, 6.45) is 5.64. The van der Waals surface area contributed by atoms with Gasteiger partial charge in [-0.05, 0) is 47.9 Å². The van der Waals surface area contributed by atoms with Crippen molar-refractivity contribution in [1.29, 1.82) is 0 Å². The summed E-state index contributed by atoms with van der Waals surface area (Å²) in [4.78, 5) is 8.76. The molecule has 1 unspecified atom stereocenters. The van der Waals surface area contributed by atoms with E-state index < -0.39 is 10.0 Å². The molecule has 1 aliphatic rings. The molecule has 152 valence electrons. The van der Waals surface area contributed by atoms with Crippen LogP contribution in [-0.4, -0.2) is 41.9 Å². The molecular weight excluding hydrogens is 374 g/mol. The lowest BCUT2D eigenvalue weighted by atomic mass is 9.87. The molecule has 2 aromatic rings. The molecule has 1 aromatic heterocycles. The van der Waals surface area contributed by atoms with Gasteiger partial charge in [0.05, 0.1) is 11.4 Å². The first-order valence-corrected chi connectivity index (χ1v) is 11.2. The van der Waals surface area contributed by atoms with Crippen LogP contribution in [0.2, 0.25) is 0 Å². The lowest BCUT2D eigenvalue weighted by Gasteiger charge is -2.31. The molecule has 1 aromatic carbocycles. The maximum absolute atomic E-state index is 13.1. The van der Waals surface area contributed by atoms with Gasteiger partial charge in [0.2, 0.25) is 10.0 Å². The van der Waals surface area contributed by atoms with E-state index in [4.69, 9.17) is 4.74 Å². The Morgan fingerprint density at radius 2 is 1.79 bits per heavy atom. The van der Waals surface area contributed by atoms with E-state index in [-0.39, 0.29) is 11.5 Å². The highest BCUT2D eigenvalue weighted by Crippen LogP contribution is 2.26. The molecule has 0 aliphatic carbocycles. The van der Waals surface area contributed by atoms with Crippen LogP contribution < -0.4 is 4.74 Å². The standard InChI is InChI=1S/C21H29N3O3S/c1-5-16-13-22-20(23-14-16)27-18-7-6-12-24(15-18)28(25,26)19-10-8-17(9-11-19)21(2,3)4/h8-11,13-14,18H,5-7,12,15H2,1-4H3. The number of sulfonamides is 1. The second-order valence-electron chi connectivity index (χ2n) is 8.25. The molecule has 6 nitrogen and oxygen atoms in total. The van der Waals surface area contributed by atoms with Crippen molar-refractivity contribution in [3.63, 3.8) is 0 Å². The maximum Gasteiger partial charge on any atom is 0.316 e. The normalized spacial score (nSPS) is 18.8. The van der Waals surface area contributed by atoms with Crippen molar-refractivity contribution in [3.8, 4) is 6.01 Å². The fourth-order valence-corrected chi connectivity index (χ4v) is 4.74. The van der Waals surface area contributed by atoms with Crippen molar-refractivity contribution < 1.29 is 13.2 Å². The monoisotopic (exact) mass is 403 g/mol. The predicted octanol–water partition coefficient (Wildman–Crippen LogP) is 3.57. The van der Waals surface area contributed by atoms with Gasteiger partial charge in [-0.15, -0.1) is 0 Å². The fraction of sp³-hybridized carbons (Fsp3) is 0.524. The largest absolute Gasteiger partial charge is 0.459 e. The molecule has 0 radical (unpaired) electrons. The van der Waals surface area contributed by atoms with E-state index in [2.05, 4.69) is 30.7 Å². The Morgan fingerprint density at radius 3 is 2.36 bits per heavy atom. The number of aryl methyl sites for hydroxylation is 1. The highest BCUT2D eigenvalue weighted by Gasteiger charge is 2.31. The topological polar surface area (TPSA) is 72.4 Å². The number of benzene rings is 1. The van der Waals surface area contributed by atoms with Gasteiger partial charge in [-0.1, -0.05) is 39.8 Å². The first kappa shape index (κ1) is 20.7. The highest BCUT2D eigenvalue weighted by atomic mass is 32.2. The molecule has 0 spiro atoms. The smallest absolute Gasteiger partial charge is 0.316 e. The van der Waals surface area contributed by atoms with Crippen molar-refractivity contribution in [1.82, 2.24) is 14.3 Å². The van der Waals surface area contributed by atoms with Gasteiger partial charge < -0.3 is 4.74 Å². The predicted molar refractivity (Wildman–Crippen MR) is 109 cm³/mol. The Balaban J connectivity index is 1.71. The number of piperidine rings is 1. The Morgan fingerprint density at radius 1 is 1.14 bits per heavy atom. The summed E-state index contributed by atoms with van der Waals surface area (Å²) >= 11 is 0. The van der Waals surface area contributed by atoms with Crippen LogP contribution in [0.5, 0.6) is 6.01 Å². The van der Waals surface area contributed by atoms with Crippen LogP contribution in [-0.2, 0) is 21.9 Å². The summed E-state index contributed by atoms with van der Waals surface area (Å²) in [6.45, 7) is 9.17. The average Bonchev–Trinajstić information content (AvgIpc) is 2.68. The number of hydrogen-bond acceptors (Lipinski definition) is 5. The molecule has 0 saturated carbocycles. The minimum absolute atomic E-state index is 0.0142. The molecule has 3 rings (SSSR count). The highest BCUT2D eigenvalue weighted by molar-refractivity contribution is 7.89. The van der Waals surface area contributed by atoms with Crippen LogP contribution in [0, 0.1) is 0 Å². The fourth-order valence-electron chi connectivity index (χ4n) is 3.23. The second kappa shape index (κ2) is 8.17. The minimum Gasteiger partial charge on any atom is -0.459 e. The number of rotatable bonds is 5. The van der Waals surface area contributed by atoms with Gasteiger partial charge in [0.1, 0.15) is 6.10 Å². The SMILES string of the molecule is CCc1cnc(OC2CCCN(S(=O)(=O)c3ccc(C(C)(C)C)cc3)C2)nc1. The Labute approximate surface area is 168 Å².